The van der Waals surface area contributed by atoms with Crippen molar-refractivity contribution in [3.63, 3.8) is 0 Å². The number of nitrogens with one attached hydrogen (secondary N) is 1. The molecule has 0 aromatic heterocycles. The number of hydrogen-bond acceptors (Lipinski definition) is 3. The lowest BCUT2D eigenvalue weighted by atomic mass is 10.1. The molecule has 0 spiro atoms. The molecule has 16 heavy (non-hydrogen) atoms. The van der Waals surface area contributed by atoms with E-state index in [0.717, 1.165) is 25.5 Å². The zero-order chi connectivity index (χ0) is 10.5. The van der Waals surface area contributed by atoms with Crippen LogP contribution in [-0.2, 0) is 4.74 Å². The first-order valence-electron chi connectivity index (χ1n) is 5.44. The third kappa shape index (κ3) is 3.37. The van der Waals surface area contributed by atoms with Gasteiger partial charge in [-0.25, -0.2) is 0 Å². The highest BCUT2D eigenvalue weighted by Gasteiger charge is 2.15. The fraction of sp³-hybridized carbons (Fsp3) is 0.500. The van der Waals surface area contributed by atoms with Gasteiger partial charge in [-0.3, -0.25) is 0 Å². The summed E-state index contributed by atoms with van der Waals surface area (Å²) in [6.45, 7) is 5.17. The number of hydrogen-bond donors (Lipinski definition) is 1. The van der Waals surface area contributed by atoms with E-state index in [9.17, 15) is 0 Å². The van der Waals surface area contributed by atoms with Gasteiger partial charge in [0.05, 0.1) is 25.9 Å². The van der Waals surface area contributed by atoms with Gasteiger partial charge >= 0.3 is 0 Å². The average Bonchev–Trinajstić information content (AvgIpc) is 2.31. The standard InChI is InChI=1S/C12H17NO2.ClH/c1-2-15-11-5-3-4-10(8-11)12-9-14-7-6-13-12;/h3-5,8,12-13H,2,6-7,9H2,1H3;1H/t12-;/m1./s1. The Labute approximate surface area is 103 Å². The molecule has 1 saturated heterocycles. The molecule has 0 saturated carbocycles. The van der Waals surface area contributed by atoms with E-state index in [1.807, 2.05) is 19.1 Å². The number of ether oxygens (including phenoxy) is 2. The van der Waals surface area contributed by atoms with E-state index in [1.165, 1.54) is 5.56 Å². The molecular formula is C12H18ClNO2. The molecule has 3 nitrogen and oxygen atoms in total. The molecule has 1 aromatic rings. The lowest BCUT2D eigenvalue weighted by molar-refractivity contribution is 0.0768. The summed E-state index contributed by atoms with van der Waals surface area (Å²) >= 11 is 0. The van der Waals surface area contributed by atoms with Crippen molar-refractivity contribution in [3.8, 4) is 5.75 Å². The topological polar surface area (TPSA) is 30.5 Å². The van der Waals surface area contributed by atoms with E-state index >= 15 is 0 Å². The van der Waals surface area contributed by atoms with Crippen molar-refractivity contribution in [3.05, 3.63) is 29.8 Å². The monoisotopic (exact) mass is 243 g/mol. The van der Waals surface area contributed by atoms with Crippen molar-refractivity contribution in [2.24, 2.45) is 0 Å². The summed E-state index contributed by atoms with van der Waals surface area (Å²) in [5, 5.41) is 3.42. The van der Waals surface area contributed by atoms with E-state index in [2.05, 4.69) is 17.4 Å². The van der Waals surface area contributed by atoms with Gasteiger partial charge in [-0.15, -0.1) is 12.4 Å². The lowest BCUT2D eigenvalue weighted by Gasteiger charge is -2.24. The summed E-state index contributed by atoms with van der Waals surface area (Å²) in [5.41, 5.74) is 1.24. The molecule has 1 aromatic carbocycles. The maximum absolute atomic E-state index is 5.47. The minimum Gasteiger partial charge on any atom is -0.494 e. The molecule has 0 radical (unpaired) electrons. The van der Waals surface area contributed by atoms with Gasteiger partial charge in [0.25, 0.3) is 0 Å². The Hall–Kier alpha value is -0.770. The summed E-state index contributed by atoms with van der Waals surface area (Å²) in [6.07, 6.45) is 0. The van der Waals surface area contributed by atoms with Crippen LogP contribution in [0.5, 0.6) is 5.75 Å². The van der Waals surface area contributed by atoms with E-state index in [-0.39, 0.29) is 12.4 Å². The summed E-state index contributed by atoms with van der Waals surface area (Å²) < 4.78 is 10.9. The van der Waals surface area contributed by atoms with Crippen LogP contribution in [0.4, 0.5) is 0 Å². The number of morpholine rings is 1. The van der Waals surface area contributed by atoms with E-state index in [1.54, 1.807) is 0 Å². The van der Waals surface area contributed by atoms with Gasteiger partial charge in [-0.05, 0) is 24.6 Å². The Morgan fingerprint density at radius 1 is 1.50 bits per heavy atom. The third-order valence-electron chi connectivity index (χ3n) is 2.49. The minimum absolute atomic E-state index is 0. The second-order valence-corrected chi connectivity index (χ2v) is 3.59. The molecule has 0 unspecified atom stereocenters. The fourth-order valence-electron chi connectivity index (χ4n) is 1.77. The van der Waals surface area contributed by atoms with Crippen LogP contribution in [0.15, 0.2) is 24.3 Å². The molecule has 0 aliphatic carbocycles. The Morgan fingerprint density at radius 3 is 3.06 bits per heavy atom. The Bertz CT molecular complexity index is 314. The molecule has 1 fully saturated rings. The fourth-order valence-corrected chi connectivity index (χ4v) is 1.77. The highest BCUT2D eigenvalue weighted by molar-refractivity contribution is 5.85. The molecule has 4 heteroatoms. The van der Waals surface area contributed by atoms with Crippen LogP contribution in [0, 0.1) is 0 Å². The zero-order valence-corrected chi connectivity index (χ0v) is 10.3. The van der Waals surface area contributed by atoms with Crippen LogP contribution in [0.2, 0.25) is 0 Å². The van der Waals surface area contributed by atoms with Crippen molar-refractivity contribution in [1.82, 2.24) is 5.32 Å². The predicted molar refractivity (Wildman–Crippen MR) is 66.4 cm³/mol. The Kier molecular flexibility index (Phi) is 5.60. The van der Waals surface area contributed by atoms with E-state index < -0.39 is 0 Å². The minimum atomic E-state index is 0. The number of benzene rings is 1. The van der Waals surface area contributed by atoms with Gasteiger partial charge < -0.3 is 14.8 Å². The van der Waals surface area contributed by atoms with Gasteiger partial charge in [0.1, 0.15) is 5.75 Å². The maximum Gasteiger partial charge on any atom is 0.119 e. The quantitative estimate of drug-likeness (QED) is 0.883. The Morgan fingerprint density at radius 2 is 2.38 bits per heavy atom. The van der Waals surface area contributed by atoms with E-state index in [0.29, 0.717) is 12.6 Å². The zero-order valence-electron chi connectivity index (χ0n) is 9.44. The first-order chi connectivity index (χ1) is 7.40. The van der Waals surface area contributed by atoms with Crippen molar-refractivity contribution in [2.75, 3.05) is 26.4 Å². The normalized spacial score (nSPS) is 19.9. The molecule has 2 rings (SSSR count). The van der Waals surface area contributed by atoms with Gasteiger partial charge in [0.15, 0.2) is 0 Å². The first-order valence-corrected chi connectivity index (χ1v) is 5.44. The second-order valence-electron chi connectivity index (χ2n) is 3.59. The molecule has 1 aliphatic heterocycles. The molecular weight excluding hydrogens is 226 g/mol. The number of halogens is 1. The Balaban J connectivity index is 0.00000128. The summed E-state index contributed by atoms with van der Waals surface area (Å²) in [7, 11) is 0. The van der Waals surface area contributed by atoms with Crippen LogP contribution in [0.1, 0.15) is 18.5 Å². The van der Waals surface area contributed by atoms with E-state index in [4.69, 9.17) is 9.47 Å². The summed E-state index contributed by atoms with van der Waals surface area (Å²) in [6, 6.07) is 8.50. The molecule has 1 N–H and O–H groups in total. The van der Waals surface area contributed by atoms with Gasteiger partial charge in [0, 0.05) is 6.54 Å². The van der Waals surface area contributed by atoms with Crippen LogP contribution < -0.4 is 10.1 Å². The SMILES string of the molecule is CCOc1cccc([C@H]2COCCN2)c1.Cl. The third-order valence-corrected chi connectivity index (χ3v) is 2.49. The number of rotatable bonds is 3. The smallest absolute Gasteiger partial charge is 0.119 e. The van der Waals surface area contributed by atoms with Crippen molar-refractivity contribution < 1.29 is 9.47 Å². The highest BCUT2D eigenvalue weighted by atomic mass is 35.5. The molecule has 1 heterocycles. The lowest BCUT2D eigenvalue weighted by Crippen LogP contribution is -2.34. The largest absolute Gasteiger partial charge is 0.494 e. The van der Waals surface area contributed by atoms with Crippen molar-refractivity contribution >= 4 is 12.4 Å². The van der Waals surface area contributed by atoms with Gasteiger partial charge in [-0.2, -0.15) is 0 Å². The predicted octanol–water partition coefficient (Wildman–Crippen LogP) is 2.17. The first kappa shape index (κ1) is 13.3. The molecule has 1 aliphatic rings. The van der Waals surface area contributed by atoms with Crippen LogP contribution in [0.25, 0.3) is 0 Å². The highest BCUT2D eigenvalue weighted by Crippen LogP contribution is 2.20. The summed E-state index contributed by atoms with van der Waals surface area (Å²) in [4.78, 5) is 0. The van der Waals surface area contributed by atoms with Gasteiger partial charge in [0.2, 0.25) is 0 Å². The molecule has 90 valence electrons. The summed E-state index contributed by atoms with van der Waals surface area (Å²) in [5.74, 6) is 0.933. The van der Waals surface area contributed by atoms with Crippen molar-refractivity contribution in [2.45, 2.75) is 13.0 Å². The second kappa shape index (κ2) is 6.74. The van der Waals surface area contributed by atoms with Crippen LogP contribution in [0.3, 0.4) is 0 Å². The average molecular weight is 244 g/mol. The molecule has 0 bridgehead atoms. The maximum atomic E-state index is 5.47. The van der Waals surface area contributed by atoms with Crippen LogP contribution in [-0.4, -0.2) is 26.4 Å². The van der Waals surface area contributed by atoms with Crippen molar-refractivity contribution in [1.29, 1.82) is 0 Å². The molecule has 0 amide bonds. The molecule has 1 atom stereocenters. The van der Waals surface area contributed by atoms with Gasteiger partial charge in [-0.1, -0.05) is 12.1 Å². The van der Waals surface area contributed by atoms with Crippen LogP contribution >= 0.6 is 12.4 Å².